The Morgan fingerprint density at radius 1 is 1.60 bits per heavy atom. The van der Waals surface area contributed by atoms with Gasteiger partial charge in [-0.1, -0.05) is 0 Å². The molecule has 0 aliphatic carbocycles. The van der Waals surface area contributed by atoms with Crippen molar-refractivity contribution in [2.24, 2.45) is 0 Å². The van der Waals surface area contributed by atoms with E-state index in [-0.39, 0.29) is 0 Å². The average Bonchev–Trinajstić information content (AvgIpc) is 1.88. The summed E-state index contributed by atoms with van der Waals surface area (Å²) in [5.74, 6) is 0. The standard InChI is InChI=1S/C6H6INOS/c1-10(9)5-2-3-6(7)8-4-5/h2-4H,1H3. The quantitative estimate of drug-likeness (QED) is 0.569. The van der Waals surface area contributed by atoms with Crippen LogP contribution in [0.15, 0.2) is 23.2 Å². The van der Waals surface area contributed by atoms with Crippen molar-refractivity contribution >= 4 is 33.4 Å². The highest BCUT2D eigenvalue weighted by molar-refractivity contribution is 14.1. The van der Waals surface area contributed by atoms with Gasteiger partial charge in [0.25, 0.3) is 0 Å². The number of hydrogen-bond donors (Lipinski definition) is 0. The summed E-state index contributed by atoms with van der Waals surface area (Å²) in [4.78, 5) is 4.77. The molecule has 0 saturated carbocycles. The first-order valence-corrected chi connectivity index (χ1v) is 5.29. The predicted octanol–water partition coefficient (Wildman–Crippen LogP) is 1.42. The van der Waals surface area contributed by atoms with Gasteiger partial charge in [-0.3, -0.25) is 4.21 Å². The fourth-order valence-electron chi connectivity index (χ4n) is 0.532. The fraction of sp³-hybridized carbons (Fsp3) is 0.167. The van der Waals surface area contributed by atoms with Gasteiger partial charge < -0.3 is 0 Å². The van der Waals surface area contributed by atoms with Crippen LogP contribution in [0.1, 0.15) is 0 Å². The molecule has 0 saturated heterocycles. The lowest BCUT2D eigenvalue weighted by atomic mass is 10.5. The molecule has 0 bridgehead atoms. The van der Waals surface area contributed by atoms with Crippen molar-refractivity contribution in [3.8, 4) is 0 Å². The molecule has 2 nitrogen and oxygen atoms in total. The molecule has 0 amide bonds. The third-order valence-electron chi connectivity index (χ3n) is 1.03. The van der Waals surface area contributed by atoms with Crippen LogP contribution in [0.2, 0.25) is 0 Å². The Hall–Kier alpha value is 0.0300. The van der Waals surface area contributed by atoms with Gasteiger partial charge >= 0.3 is 0 Å². The van der Waals surface area contributed by atoms with Crippen LogP contribution in [-0.4, -0.2) is 15.4 Å². The van der Waals surface area contributed by atoms with Crippen molar-refractivity contribution in [3.05, 3.63) is 22.0 Å². The van der Waals surface area contributed by atoms with Crippen LogP contribution in [0.4, 0.5) is 0 Å². The monoisotopic (exact) mass is 267 g/mol. The Kier molecular flexibility index (Phi) is 2.79. The van der Waals surface area contributed by atoms with Gasteiger partial charge in [-0.15, -0.1) is 0 Å². The second kappa shape index (κ2) is 3.43. The minimum absolute atomic E-state index is 0.778. The summed E-state index contributed by atoms with van der Waals surface area (Å²) in [5, 5.41) is 0. The maximum atomic E-state index is 10.8. The lowest BCUT2D eigenvalue weighted by molar-refractivity contribution is 0.686. The Morgan fingerprint density at radius 3 is 2.70 bits per heavy atom. The highest BCUT2D eigenvalue weighted by Gasteiger charge is 1.95. The zero-order valence-corrected chi connectivity index (χ0v) is 8.35. The van der Waals surface area contributed by atoms with Crippen molar-refractivity contribution in [2.75, 3.05) is 6.26 Å². The molecule has 1 unspecified atom stereocenters. The Bertz CT molecular complexity index is 246. The number of rotatable bonds is 1. The summed E-state index contributed by atoms with van der Waals surface area (Å²) in [5.41, 5.74) is 0. The second-order valence-electron chi connectivity index (χ2n) is 1.77. The smallest absolute Gasteiger partial charge is 0.101 e. The molecule has 1 rings (SSSR count). The summed E-state index contributed by atoms with van der Waals surface area (Å²) in [6.07, 6.45) is 3.28. The summed E-state index contributed by atoms with van der Waals surface area (Å²) in [6, 6.07) is 3.67. The van der Waals surface area contributed by atoms with Gasteiger partial charge in [0.1, 0.15) is 3.70 Å². The number of nitrogens with zero attached hydrogens (tertiary/aromatic N) is 1. The van der Waals surface area contributed by atoms with Crippen molar-refractivity contribution in [2.45, 2.75) is 4.90 Å². The predicted molar refractivity (Wildman–Crippen MR) is 49.3 cm³/mol. The molecular formula is C6H6INOS. The molecule has 1 atom stereocenters. The van der Waals surface area contributed by atoms with E-state index in [4.69, 9.17) is 0 Å². The van der Waals surface area contributed by atoms with Crippen molar-refractivity contribution < 1.29 is 4.21 Å². The van der Waals surface area contributed by atoms with E-state index in [0.29, 0.717) is 0 Å². The van der Waals surface area contributed by atoms with E-state index in [1.165, 1.54) is 0 Å². The van der Waals surface area contributed by atoms with Crippen LogP contribution in [-0.2, 0) is 10.8 Å². The molecular weight excluding hydrogens is 261 g/mol. The van der Waals surface area contributed by atoms with Crippen LogP contribution in [0, 0.1) is 3.70 Å². The number of halogens is 1. The van der Waals surface area contributed by atoms with Gasteiger partial charge in [0.15, 0.2) is 0 Å². The normalized spacial score (nSPS) is 13.0. The average molecular weight is 267 g/mol. The molecule has 0 spiro atoms. The first-order chi connectivity index (χ1) is 4.70. The van der Waals surface area contributed by atoms with Crippen LogP contribution >= 0.6 is 22.6 Å². The molecule has 1 heterocycles. The molecule has 1 aromatic rings. The van der Waals surface area contributed by atoms with Gasteiger partial charge in [0.2, 0.25) is 0 Å². The van der Waals surface area contributed by atoms with Crippen LogP contribution in [0.5, 0.6) is 0 Å². The van der Waals surface area contributed by atoms with Crippen LogP contribution in [0.3, 0.4) is 0 Å². The molecule has 54 valence electrons. The van der Waals surface area contributed by atoms with Gasteiger partial charge in [0.05, 0.1) is 15.7 Å². The SMILES string of the molecule is CS(=O)c1ccc(I)nc1. The Labute approximate surface area is 75.7 Å². The third kappa shape index (κ3) is 2.02. The van der Waals surface area contributed by atoms with Gasteiger partial charge in [-0.2, -0.15) is 0 Å². The summed E-state index contributed by atoms with van der Waals surface area (Å²) >= 11 is 2.11. The zero-order valence-electron chi connectivity index (χ0n) is 5.37. The van der Waals surface area contributed by atoms with E-state index in [9.17, 15) is 4.21 Å². The van der Waals surface area contributed by atoms with Crippen molar-refractivity contribution in [3.63, 3.8) is 0 Å². The van der Waals surface area contributed by atoms with E-state index in [1.54, 1.807) is 12.5 Å². The zero-order chi connectivity index (χ0) is 7.56. The molecule has 10 heavy (non-hydrogen) atoms. The second-order valence-corrected chi connectivity index (χ2v) is 4.26. The highest BCUT2D eigenvalue weighted by atomic mass is 127. The highest BCUT2D eigenvalue weighted by Crippen LogP contribution is 2.05. The number of aromatic nitrogens is 1. The molecule has 0 aromatic carbocycles. The van der Waals surface area contributed by atoms with E-state index >= 15 is 0 Å². The van der Waals surface area contributed by atoms with E-state index in [2.05, 4.69) is 27.6 Å². The Balaban J connectivity index is 3.00. The molecule has 0 fully saturated rings. The lowest BCUT2D eigenvalue weighted by Gasteiger charge is -1.93. The maximum absolute atomic E-state index is 10.8. The van der Waals surface area contributed by atoms with E-state index in [1.807, 2.05) is 12.1 Å². The summed E-state index contributed by atoms with van der Waals surface area (Å²) < 4.78 is 11.7. The van der Waals surface area contributed by atoms with Crippen LogP contribution < -0.4 is 0 Å². The fourth-order valence-corrected chi connectivity index (χ4v) is 1.31. The first-order valence-electron chi connectivity index (χ1n) is 2.65. The third-order valence-corrected chi connectivity index (χ3v) is 2.58. The van der Waals surface area contributed by atoms with E-state index < -0.39 is 10.8 Å². The van der Waals surface area contributed by atoms with Crippen LogP contribution in [0.25, 0.3) is 0 Å². The molecule has 0 aliphatic heterocycles. The largest absolute Gasteiger partial charge is 0.255 e. The van der Waals surface area contributed by atoms with Gasteiger partial charge in [-0.05, 0) is 34.7 Å². The minimum atomic E-state index is -0.903. The summed E-state index contributed by atoms with van der Waals surface area (Å²) in [6.45, 7) is 0. The van der Waals surface area contributed by atoms with Gasteiger partial charge in [-0.25, -0.2) is 4.98 Å². The Morgan fingerprint density at radius 2 is 2.30 bits per heavy atom. The topological polar surface area (TPSA) is 30.0 Å². The first kappa shape index (κ1) is 8.13. The molecule has 0 aliphatic rings. The molecule has 0 N–H and O–H groups in total. The van der Waals surface area contributed by atoms with E-state index in [0.717, 1.165) is 8.60 Å². The number of pyridine rings is 1. The van der Waals surface area contributed by atoms with Crippen molar-refractivity contribution in [1.82, 2.24) is 4.98 Å². The molecule has 1 aromatic heterocycles. The minimum Gasteiger partial charge on any atom is -0.255 e. The van der Waals surface area contributed by atoms with Crippen molar-refractivity contribution in [1.29, 1.82) is 0 Å². The maximum Gasteiger partial charge on any atom is 0.101 e. The summed E-state index contributed by atoms with van der Waals surface area (Å²) in [7, 11) is -0.903. The number of hydrogen-bond acceptors (Lipinski definition) is 2. The molecule has 0 radical (unpaired) electrons. The van der Waals surface area contributed by atoms with Gasteiger partial charge in [0, 0.05) is 12.5 Å². The molecule has 4 heteroatoms. The lowest BCUT2D eigenvalue weighted by Crippen LogP contribution is -1.88.